The first-order valence-electron chi connectivity index (χ1n) is 15.6. The third-order valence-corrected chi connectivity index (χ3v) is 16.1. The van der Waals surface area contributed by atoms with Gasteiger partial charge in [0.15, 0.2) is 8.32 Å². The molecule has 0 amide bonds. The van der Waals surface area contributed by atoms with Crippen LogP contribution in [0.15, 0.2) is 36.0 Å². The third-order valence-electron chi connectivity index (χ3n) is 11.5. The fourth-order valence-corrected chi connectivity index (χ4v) is 8.89. The molecule has 0 spiro atoms. The van der Waals surface area contributed by atoms with Crippen LogP contribution in [0.25, 0.3) is 0 Å². The van der Waals surface area contributed by atoms with Gasteiger partial charge < -0.3 is 14.6 Å². The van der Waals surface area contributed by atoms with E-state index in [0.717, 1.165) is 56.1 Å². The van der Waals surface area contributed by atoms with Crippen molar-refractivity contribution in [3.63, 3.8) is 0 Å². The van der Waals surface area contributed by atoms with Crippen LogP contribution in [-0.4, -0.2) is 36.3 Å². The largest absolute Gasteiger partial charge is 0.414 e. The highest BCUT2D eigenvalue weighted by atomic mass is 28.4. The van der Waals surface area contributed by atoms with Crippen LogP contribution in [-0.2, 0) is 4.43 Å². The normalized spacial score (nSPS) is 36.6. The number of allylic oxidation sites excluding steroid dienone is 3. The Morgan fingerprint density at radius 2 is 1.71 bits per heavy atom. The number of rotatable bonds is 8. The van der Waals surface area contributed by atoms with Crippen molar-refractivity contribution in [1.82, 2.24) is 0 Å². The van der Waals surface area contributed by atoms with Gasteiger partial charge >= 0.3 is 0 Å². The van der Waals surface area contributed by atoms with Crippen molar-refractivity contribution in [2.24, 2.45) is 35.0 Å². The number of hydrogen-bond donors (Lipinski definition) is 2. The molecule has 2 N–H and O–H groups in total. The molecular weight excluding hydrogens is 484 g/mol. The van der Waals surface area contributed by atoms with Gasteiger partial charge in [0, 0.05) is 6.10 Å². The summed E-state index contributed by atoms with van der Waals surface area (Å²) in [6, 6.07) is 0. The molecule has 3 saturated carbocycles. The standard InChI is InChI=1S/C34H60O3Si/c1-23(2)24(3)13-14-26(5)29-17-18-30-33(29,9)19-12-20-34(30,36)31(35)22-27-21-28(16-15-25(27)4)37-38(10,11)32(6,7)8/h13-14,22-24,26,28-31,35-36H,4,12,15-21H2,1-3,5-11H3/b14-13+,27-22-/t24-,26+,28-,29+,30+,31-,33+,34-/m0/s1. The predicted molar refractivity (Wildman–Crippen MR) is 165 cm³/mol. The maximum atomic E-state index is 12.2. The minimum atomic E-state index is -1.87. The van der Waals surface area contributed by atoms with Crippen molar-refractivity contribution in [1.29, 1.82) is 0 Å². The molecule has 38 heavy (non-hydrogen) atoms. The van der Waals surface area contributed by atoms with E-state index < -0.39 is 20.0 Å². The lowest BCUT2D eigenvalue weighted by atomic mass is 9.56. The van der Waals surface area contributed by atoms with E-state index in [1.165, 1.54) is 0 Å². The Hall–Kier alpha value is -0.683. The fraction of sp³-hybridized carbons (Fsp3) is 0.824. The van der Waals surface area contributed by atoms with Crippen LogP contribution >= 0.6 is 0 Å². The Labute approximate surface area is 236 Å². The summed E-state index contributed by atoms with van der Waals surface area (Å²) in [6.45, 7) is 27.5. The van der Waals surface area contributed by atoms with Gasteiger partial charge in [0.1, 0.15) is 6.10 Å². The molecule has 0 aromatic carbocycles. The van der Waals surface area contributed by atoms with Gasteiger partial charge in [-0.05, 0) is 116 Å². The molecule has 3 aliphatic rings. The second kappa shape index (κ2) is 11.7. The Bertz CT molecular complexity index is 896. The highest BCUT2D eigenvalue weighted by molar-refractivity contribution is 6.74. The molecule has 3 nitrogen and oxygen atoms in total. The van der Waals surface area contributed by atoms with Crippen LogP contribution in [0.1, 0.15) is 107 Å². The minimum Gasteiger partial charge on any atom is -0.414 e. The van der Waals surface area contributed by atoms with Crippen LogP contribution in [0, 0.1) is 35.0 Å². The zero-order chi connectivity index (χ0) is 28.7. The molecule has 0 radical (unpaired) electrons. The first-order valence-corrected chi connectivity index (χ1v) is 18.5. The first kappa shape index (κ1) is 31.8. The van der Waals surface area contributed by atoms with Crippen LogP contribution in [0.5, 0.6) is 0 Å². The number of aliphatic hydroxyl groups is 2. The summed E-state index contributed by atoms with van der Waals surface area (Å²) in [7, 11) is -1.87. The van der Waals surface area contributed by atoms with Crippen molar-refractivity contribution in [2.45, 2.75) is 143 Å². The molecule has 0 aromatic rings. The molecule has 0 aromatic heterocycles. The summed E-state index contributed by atoms with van der Waals surface area (Å²) in [5.74, 6) is 2.37. The summed E-state index contributed by atoms with van der Waals surface area (Å²) in [5, 5.41) is 24.0. The quantitative estimate of drug-likeness (QED) is 0.237. The SMILES string of the molecule is C=C1CC[C@H](O[Si](C)(C)C(C)(C)C)C/C1=C/[C@H](O)[C@]1(O)CCC[C@]2(C)[C@@H]([C@H](C)/C=C/[C@H](C)C(C)C)CC[C@H]21. The van der Waals surface area contributed by atoms with Crippen molar-refractivity contribution in [3.8, 4) is 0 Å². The van der Waals surface area contributed by atoms with Crippen molar-refractivity contribution < 1.29 is 14.6 Å². The molecule has 8 atom stereocenters. The minimum absolute atomic E-state index is 0.0505. The third kappa shape index (κ3) is 6.45. The predicted octanol–water partition coefficient (Wildman–Crippen LogP) is 8.84. The van der Waals surface area contributed by atoms with Gasteiger partial charge in [0.2, 0.25) is 0 Å². The summed E-state index contributed by atoms with van der Waals surface area (Å²) < 4.78 is 6.76. The van der Waals surface area contributed by atoms with Gasteiger partial charge in [0.05, 0.1) is 5.60 Å². The average molecular weight is 545 g/mol. The van der Waals surface area contributed by atoms with Gasteiger partial charge in [-0.3, -0.25) is 0 Å². The Morgan fingerprint density at radius 3 is 2.32 bits per heavy atom. The van der Waals surface area contributed by atoms with Crippen molar-refractivity contribution >= 4 is 8.32 Å². The maximum Gasteiger partial charge on any atom is 0.192 e. The van der Waals surface area contributed by atoms with Crippen molar-refractivity contribution in [2.75, 3.05) is 0 Å². The van der Waals surface area contributed by atoms with Crippen LogP contribution in [0.2, 0.25) is 18.1 Å². The van der Waals surface area contributed by atoms with Gasteiger partial charge in [0.25, 0.3) is 0 Å². The topological polar surface area (TPSA) is 49.7 Å². The zero-order valence-corrected chi connectivity index (χ0v) is 27.4. The number of aliphatic hydroxyl groups excluding tert-OH is 1. The van der Waals surface area contributed by atoms with Crippen LogP contribution in [0.4, 0.5) is 0 Å². The Balaban J connectivity index is 1.78. The molecule has 0 unspecified atom stereocenters. The molecule has 3 aliphatic carbocycles. The van der Waals surface area contributed by atoms with E-state index in [1.54, 1.807) is 0 Å². The van der Waals surface area contributed by atoms with E-state index in [0.29, 0.717) is 30.1 Å². The molecule has 4 heteroatoms. The zero-order valence-electron chi connectivity index (χ0n) is 26.4. The molecule has 0 bridgehead atoms. The first-order chi connectivity index (χ1) is 17.4. The molecule has 0 heterocycles. The average Bonchev–Trinajstić information content (AvgIpc) is 3.16. The molecule has 218 valence electrons. The highest BCUT2D eigenvalue weighted by Crippen LogP contribution is 2.61. The molecule has 0 saturated heterocycles. The number of hydrogen-bond acceptors (Lipinski definition) is 3. The maximum absolute atomic E-state index is 12.2. The van der Waals surface area contributed by atoms with E-state index in [1.807, 2.05) is 6.08 Å². The summed E-state index contributed by atoms with van der Waals surface area (Å²) in [6.07, 6.45) is 13.7. The summed E-state index contributed by atoms with van der Waals surface area (Å²) in [4.78, 5) is 0. The van der Waals surface area contributed by atoms with E-state index in [9.17, 15) is 10.2 Å². The van der Waals surface area contributed by atoms with Gasteiger partial charge in [-0.1, -0.05) is 79.7 Å². The van der Waals surface area contributed by atoms with E-state index in [4.69, 9.17) is 4.43 Å². The lowest BCUT2D eigenvalue weighted by Gasteiger charge is -2.52. The van der Waals surface area contributed by atoms with Crippen LogP contribution < -0.4 is 0 Å². The van der Waals surface area contributed by atoms with Gasteiger partial charge in [-0.25, -0.2) is 0 Å². The molecule has 3 rings (SSSR count). The van der Waals surface area contributed by atoms with E-state index in [-0.39, 0.29) is 22.5 Å². The monoisotopic (exact) mass is 544 g/mol. The summed E-state index contributed by atoms with van der Waals surface area (Å²) >= 11 is 0. The van der Waals surface area contributed by atoms with Gasteiger partial charge in [-0.2, -0.15) is 0 Å². The molecule has 0 aliphatic heterocycles. The smallest absolute Gasteiger partial charge is 0.192 e. The Kier molecular flexibility index (Phi) is 9.77. The van der Waals surface area contributed by atoms with E-state index in [2.05, 4.69) is 87.2 Å². The van der Waals surface area contributed by atoms with Gasteiger partial charge in [-0.15, -0.1) is 0 Å². The highest BCUT2D eigenvalue weighted by Gasteiger charge is 2.59. The Morgan fingerprint density at radius 1 is 1.05 bits per heavy atom. The lowest BCUT2D eigenvalue weighted by molar-refractivity contribution is -0.155. The second-order valence-corrected chi connectivity index (χ2v) is 20.2. The lowest BCUT2D eigenvalue weighted by Crippen LogP contribution is -2.56. The number of fused-ring (bicyclic) bond motifs is 1. The van der Waals surface area contributed by atoms with E-state index >= 15 is 0 Å². The molecular formula is C34H60O3Si. The van der Waals surface area contributed by atoms with Crippen LogP contribution in [0.3, 0.4) is 0 Å². The molecule has 3 fully saturated rings. The fourth-order valence-electron chi connectivity index (χ4n) is 7.50. The second-order valence-electron chi connectivity index (χ2n) is 15.4. The summed E-state index contributed by atoms with van der Waals surface area (Å²) in [5.41, 5.74) is 1.18. The van der Waals surface area contributed by atoms with Crippen molar-refractivity contribution in [3.05, 3.63) is 36.0 Å².